The Bertz CT molecular complexity index is 399. The van der Waals surface area contributed by atoms with Crippen molar-refractivity contribution in [2.75, 3.05) is 0 Å². The Balaban J connectivity index is 0.000000511. The molecule has 0 saturated carbocycles. The third kappa shape index (κ3) is 10.8. The zero-order chi connectivity index (χ0) is 15.8. The molecule has 114 valence electrons. The first-order valence-electron chi connectivity index (χ1n) is 6.46. The summed E-state index contributed by atoms with van der Waals surface area (Å²) in [5, 5.41) is 5.22. The van der Waals surface area contributed by atoms with Crippen molar-refractivity contribution in [3.05, 3.63) is 35.6 Å². The van der Waals surface area contributed by atoms with Gasteiger partial charge in [-0.1, -0.05) is 24.1 Å². The van der Waals surface area contributed by atoms with Crippen LogP contribution in [0.25, 0.3) is 0 Å². The van der Waals surface area contributed by atoms with Crippen LogP contribution in [0.2, 0.25) is 0 Å². The van der Waals surface area contributed by atoms with Gasteiger partial charge in [-0.15, -0.1) is 0 Å². The zero-order valence-corrected chi connectivity index (χ0v) is 13.6. The summed E-state index contributed by atoms with van der Waals surface area (Å²) in [5.74, 6) is -0.586. The van der Waals surface area contributed by atoms with E-state index in [1.54, 1.807) is 26.0 Å². The van der Waals surface area contributed by atoms with Gasteiger partial charge in [0.1, 0.15) is 5.82 Å². The van der Waals surface area contributed by atoms with Crippen LogP contribution in [0.15, 0.2) is 24.3 Å². The van der Waals surface area contributed by atoms with Gasteiger partial charge in [-0.2, -0.15) is 0 Å². The largest absolute Gasteiger partial charge is 0.463 e. The number of rotatable bonds is 3. The quantitative estimate of drug-likeness (QED) is 0.683. The molecular formula is C15H24FNO2S. The Morgan fingerprint density at radius 1 is 1.30 bits per heavy atom. The number of benzene rings is 1. The molecule has 0 fully saturated rings. The minimum Gasteiger partial charge on any atom is -0.463 e. The van der Waals surface area contributed by atoms with E-state index in [1.807, 2.05) is 0 Å². The van der Waals surface area contributed by atoms with Gasteiger partial charge in [-0.05, 0) is 52.3 Å². The highest BCUT2D eigenvalue weighted by molar-refractivity contribution is 7.98. The van der Waals surface area contributed by atoms with Gasteiger partial charge in [-0.25, -0.2) is 4.39 Å². The highest BCUT2D eigenvalue weighted by Crippen LogP contribution is 2.15. The number of hydrogen-bond acceptors (Lipinski definition) is 4. The molecule has 0 aliphatic rings. The molecule has 0 atom stereocenters. The van der Waals surface area contributed by atoms with Gasteiger partial charge in [0.05, 0.1) is 12.5 Å². The van der Waals surface area contributed by atoms with Gasteiger partial charge in [-0.3, -0.25) is 9.93 Å². The molecule has 0 heterocycles. The summed E-state index contributed by atoms with van der Waals surface area (Å²) in [7, 11) is 0. The fourth-order valence-corrected chi connectivity index (χ4v) is 1.07. The van der Waals surface area contributed by atoms with Crippen LogP contribution in [0, 0.1) is 5.82 Å². The summed E-state index contributed by atoms with van der Waals surface area (Å²) in [4.78, 5) is 11.2. The molecule has 1 aromatic carbocycles. The summed E-state index contributed by atoms with van der Waals surface area (Å²) >= 11 is 1.38. The standard InChI is InChI=1S/C11H13FO2.C4H11NS/c1-8(2)14-11(13)7-9-3-5-10(12)6-4-9;1-4(2,3)6-5/h3-6,8H,7H2,1-2H3;5H2,1-3H3. The molecule has 1 aromatic rings. The normalized spacial score (nSPS) is 10.8. The molecular weight excluding hydrogens is 277 g/mol. The second-order valence-electron chi connectivity index (χ2n) is 5.57. The fourth-order valence-electron chi connectivity index (χ4n) is 1.07. The molecule has 0 bridgehead atoms. The molecule has 3 nitrogen and oxygen atoms in total. The summed E-state index contributed by atoms with van der Waals surface area (Å²) in [6, 6.07) is 5.82. The molecule has 0 aromatic heterocycles. The summed E-state index contributed by atoms with van der Waals surface area (Å²) in [6.07, 6.45) is 0.0845. The van der Waals surface area contributed by atoms with Gasteiger partial charge < -0.3 is 4.74 Å². The van der Waals surface area contributed by atoms with Crippen LogP contribution in [-0.4, -0.2) is 16.8 Å². The van der Waals surface area contributed by atoms with E-state index >= 15 is 0 Å². The summed E-state index contributed by atoms with van der Waals surface area (Å²) < 4.78 is 17.7. The maximum Gasteiger partial charge on any atom is 0.310 e. The number of nitrogens with two attached hydrogens (primary N) is 1. The third-order valence-corrected chi connectivity index (χ3v) is 2.69. The maximum absolute atomic E-state index is 12.5. The third-order valence-electron chi connectivity index (χ3n) is 1.98. The second-order valence-corrected chi connectivity index (χ2v) is 7.03. The van der Waals surface area contributed by atoms with E-state index in [0.717, 1.165) is 5.56 Å². The molecule has 0 aliphatic heterocycles. The molecule has 0 spiro atoms. The first kappa shape index (κ1) is 18.9. The number of hydrogen-bond donors (Lipinski definition) is 1. The van der Waals surface area contributed by atoms with Gasteiger partial charge >= 0.3 is 5.97 Å². The zero-order valence-electron chi connectivity index (χ0n) is 12.8. The highest BCUT2D eigenvalue weighted by Gasteiger charge is 2.06. The first-order chi connectivity index (χ1) is 9.14. The first-order valence-corrected chi connectivity index (χ1v) is 7.34. The van der Waals surface area contributed by atoms with E-state index in [4.69, 9.17) is 9.88 Å². The molecule has 0 amide bonds. The van der Waals surface area contributed by atoms with Crippen molar-refractivity contribution in [1.29, 1.82) is 0 Å². The molecule has 0 unspecified atom stereocenters. The summed E-state index contributed by atoms with van der Waals surface area (Å²) in [5.41, 5.74) is 0.761. The van der Waals surface area contributed by atoms with Crippen molar-refractivity contribution in [2.45, 2.75) is 51.9 Å². The van der Waals surface area contributed by atoms with Crippen LogP contribution in [0.5, 0.6) is 0 Å². The minimum atomic E-state index is -0.300. The van der Waals surface area contributed by atoms with E-state index in [9.17, 15) is 9.18 Å². The number of esters is 1. The van der Waals surface area contributed by atoms with Gasteiger partial charge in [0, 0.05) is 4.75 Å². The van der Waals surface area contributed by atoms with Crippen LogP contribution >= 0.6 is 11.9 Å². The SMILES string of the molecule is CC(C)(C)SN.CC(C)OC(=O)Cc1ccc(F)cc1. The fraction of sp³-hybridized carbons (Fsp3) is 0.533. The van der Waals surface area contributed by atoms with Crippen molar-refractivity contribution >= 4 is 17.9 Å². The smallest absolute Gasteiger partial charge is 0.310 e. The number of carbonyl (C=O) groups is 1. The Morgan fingerprint density at radius 3 is 2.10 bits per heavy atom. The highest BCUT2D eigenvalue weighted by atomic mass is 32.2. The van der Waals surface area contributed by atoms with Crippen LogP contribution < -0.4 is 5.14 Å². The Kier molecular flexibility index (Phi) is 8.49. The molecule has 5 heteroatoms. The predicted octanol–water partition coefficient (Wildman–Crippen LogP) is 3.71. The lowest BCUT2D eigenvalue weighted by atomic mass is 10.1. The van der Waals surface area contributed by atoms with Crippen molar-refractivity contribution < 1.29 is 13.9 Å². The van der Waals surface area contributed by atoms with Crippen LogP contribution in [0.1, 0.15) is 40.2 Å². The number of carbonyl (C=O) groups excluding carboxylic acids is 1. The minimum absolute atomic E-state index is 0.108. The van der Waals surface area contributed by atoms with Gasteiger partial charge in [0.2, 0.25) is 0 Å². The second kappa shape index (κ2) is 8.97. The van der Waals surface area contributed by atoms with Crippen LogP contribution in [0.4, 0.5) is 4.39 Å². The molecule has 0 radical (unpaired) electrons. The Morgan fingerprint density at radius 2 is 1.75 bits per heavy atom. The van der Waals surface area contributed by atoms with Gasteiger partial charge in [0.15, 0.2) is 0 Å². The molecule has 0 saturated heterocycles. The lowest BCUT2D eigenvalue weighted by molar-refractivity contribution is -0.146. The van der Waals surface area contributed by atoms with E-state index < -0.39 is 0 Å². The van der Waals surface area contributed by atoms with E-state index in [1.165, 1.54) is 24.1 Å². The molecule has 1 rings (SSSR count). The molecule has 0 aliphatic carbocycles. The lowest BCUT2D eigenvalue weighted by Crippen LogP contribution is -2.13. The molecule has 20 heavy (non-hydrogen) atoms. The topological polar surface area (TPSA) is 52.3 Å². The van der Waals surface area contributed by atoms with Crippen molar-refractivity contribution in [1.82, 2.24) is 0 Å². The summed E-state index contributed by atoms with van der Waals surface area (Å²) in [6.45, 7) is 9.83. The lowest BCUT2D eigenvalue weighted by Gasteiger charge is -2.11. The van der Waals surface area contributed by atoms with Crippen LogP contribution in [0.3, 0.4) is 0 Å². The predicted molar refractivity (Wildman–Crippen MR) is 82.9 cm³/mol. The monoisotopic (exact) mass is 301 g/mol. The van der Waals surface area contributed by atoms with Gasteiger partial charge in [0.25, 0.3) is 0 Å². The average Bonchev–Trinajstić information content (AvgIpc) is 2.31. The average molecular weight is 301 g/mol. The number of halogens is 1. The maximum atomic E-state index is 12.5. The Labute approximate surface area is 125 Å². The van der Waals surface area contributed by atoms with E-state index in [2.05, 4.69) is 20.8 Å². The van der Waals surface area contributed by atoms with Crippen molar-refractivity contribution in [3.8, 4) is 0 Å². The van der Waals surface area contributed by atoms with Crippen molar-refractivity contribution in [2.24, 2.45) is 5.14 Å². The van der Waals surface area contributed by atoms with Crippen molar-refractivity contribution in [3.63, 3.8) is 0 Å². The van der Waals surface area contributed by atoms with E-state index in [-0.39, 0.29) is 29.1 Å². The Hall–Kier alpha value is -1.07. The number of ether oxygens (including phenoxy) is 1. The van der Waals surface area contributed by atoms with E-state index in [0.29, 0.717) is 0 Å². The molecule has 2 N–H and O–H groups in total. The van der Waals surface area contributed by atoms with Crippen LogP contribution in [-0.2, 0) is 16.0 Å².